The van der Waals surface area contributed by atoms with E-state index in [2.05, 4.69) is 15.9 Å². The van der Waals surface area contributed by atoms with E-state index < -0.39 is 5.97 Å². The monoisotopic (exact) mass is 299 g/mol. The molecule has 17 heavy (non-hydrogen) atoms. The Morgan fingerprint density at radius 3 is 2.35 bits per heavy atom. The molecule has 1 heterocycles. The topological polar surface area (TPSA) is 71.7 Å². The Morgan fingerprint density at radius 1 is 1.35 bits per heavy atom. The highest BCUT2D eigenvalue weighted by Gasteiger charge is 2.41. The zero-order chi connectivity index (χ0) is 12.2. The Labute approximate surface area is 105 Å². The van der Waals surface area contributed by atoms with Gasteiger partial charge in [0, 0.05) is 23.0 Å². The molecule has 2 atom stereocenters. The van der Waals surface area contributed by atoms with Crippen molar-refractivity contribution in [1.29, 1.82) is 0 Å². The first-order valence-corrected chi connectivity index (χ1v) is 6.37. The third kappa shape index (κ3) is 1.33. The predicted molar refractivity (Wildman–Crippen MR) is 62.4 cm³/mol. The predicted octanol–water partition coefficient (Wildman–Crippen LogP) is 1.39. The van der Waals surface area contributed by atoms with Gasteiger partial charge in [0.15, 0.2) is 0 Å². The van der Waals surface area contributed by atoms with E-state index in [1.54, 1.807) is 0 Å². The summed E-state index contributed by atoms with van der Waals surface area (Å²) in [5.74, 6) is -0.702. The van der Waals surface area contributed by atoms with Gasteiger partial charge >= 0.3 is 5.97 Å². The number of fused-ring (bicyclic) bond motifs is 5. The second-order valence-electron chi connectivity index (χ2n) is 4.20. The van der Waals surface area contributed by atoms with Gasteiger partial charge in [0.1, 0.15) is 5.33 Å². The number of carbonyl (C=O) groups is 1. The molecule has 0 saturated heterocycles. The van der Waals surface area contributed by atoms with Crippen molar-refractivity contribution in [2.24, 2.45) is 0 Å². The summed E-state index contributed by atoms with van der Waals surface area (Å²) in [7, 11) is 0. The van der Waals surface area contributed by atoms with Crippen LogP contribution in [0.15, 0.2) is 12.2 Å². The van der Waals surface area contributed by atoms with E-state index >= 15 is 0 Å². The molecule has 0 saturated carbocycles. The first-order chi connectivity index (χ1) is 8.13. The molecule has 0 fully saturated rings. The maximum Gasteiger partial charge on any atom is 0.343 e. The smallest absolute Gasteiger partial charge is 0.343 e. The van der Waals surface area contributed by atoms with Crippen molar-refractivity contribution in [3.05, 3.63) is 23.3 Å². The number of aromatic hydroxyl groups is 2. The van der Waals surface area contributed by atoms with Gasteiger partial charge in [-0.15, -0.1) is 4.73 Å². The summed E-state index contributed by atoms with van der Waals surface area (Å²) in [6.45, 7) is 0. The summed E-state index contributed by atoms with van der Waals surface area (Å²) < 4.78 is 0.806. The molecule has 0 radical (unpaired) electrons. The quantitative estimate of drug-likeness (QED) is 0.639. The van der Waals surface area contributed by atoms with E-state index in [4.69, 9.17) is 4.84 Å². The molecule has 3 rings (SSSR count). The van der Waals surface area contributed by atoms with Crippen molar-refractivity contribution in [2.75, 3.05) is 5.33 Å². The maximum absolute atomic E-state index is 11.2. The lowest BCUT2D eigenvalue weighted by atomic mass is 10.0. The maximum atomic E-state index is 11.2. The first kappa shape index (κ1) is 10.7. The Hall–Kier alpha value is -1.43. The van der Waals surface area contributed by atoms with Gasteiger partial charge in [-0.1, -0.05) is 28.1 Å². The molecule has 1 aromatic rings. The Kier molecular flexibility index (Phi) is 2.22. The second kappa shape index (κ2) is 3.53. The van der Waals surface area contributed by atoms with E-state index in [9.17, 15) is 15.0 Å². The lowest BCUT2D eigenvalue weighted by Crippen LogP contribution is -2.20. The van der Waals surface area contributed by atoms with Crippen LogP contribution in [-0.2, 0) is 4.79 Å². The van der Waals surface area contributed by atoms with Gasteiger partial charge in [-0.2, -0.15) is 0 Å². The Bertz CT molecular complexity index is 499. The molecule has 0 amide bonds. The van der Waals surface area contributed by atoms with Gasteiger partial charge in [-0.3, -0.25) is 0 Å². The molecule has 2 aliphatic rings. The SMILES string of the molecule is O=C(CBr)On1c(O)c2c(c1O)[C@@H]1C=CC2C1. The number of carbonyl (C=O) groups excluding carboxylic acids is 1. The minimum atomic E-state index is -0.579. The normalized spacial score (nSPS) is 24.1. The highest BCUT2D eigenvalue weighted by molar-refractivity contribution is 9.09. The van der Waals surface area contributed by atoms with E-state index in [0.717, 1.165) is 11.2 Å². The third-order valence-corrected chi connectivity index (χ3v) is 3.74. The fourth-order valence-electron chi connectivity index (χ4n) is 2.63. The minimum absolute atomic E-state index is 0.000165. The molecule has 90 valence electrons. The van der Waals surface area contributed by atoms with E-state index in [-0.39, 0.29) is 28.9 Å². The van der Waals surface area contributed by atoms with E-state index in [1.165, 1.54) is 0 Å². The van der Waals surface area contributed by atoms with Gasteiger partial charge < -0.3 is 15.1 Å². The van der Waals surface area contributed by atoms with Crippen LogP contribution in [0.2, 0.25) is 0 Å². The van der Waals surface area contributed by atoms with Crippen LogP contribution in [0.25, 0.3) is 0 Å². The summed E-state index contributed by atoms with van der Waals surface area (Å²) in [4.78, 5) is 16.0. The van der Waals surface area contributed by atoms with Crippen molar-refractivity contribution >= 4 is 21.9 Å². The molecule has 0 aromatic carbocycles. The number of allylic oxidation sites excluding steroid dienone is 2. The number of rotatable bonds is 2. The number of nitrogens with zero attached hydrogens (tertiary/aromatic N) is 1. The van der Waals surface area contributed by atoms with Gasteiger partial charge in [0.05, 0.1) is 0 Å². The second-order valence-corrected chi connectivity index (χ2v) is 4.76. The van der Waals surface area contributed by atoms with Crippen LogP contribution in [0.4, 0.5) is 0 Å². The fourth-order valence-corrected chi connectivity index (χ4v) is 2.73. The molecule has 2 aliphatic carbocycles. The fraction of sp³-hybridized carbons (Fsp3) is 0.364. The van der Waals surface area contributed by atoms with Gasteiger partial charge in [-0.25, -0.2) is 4.79 Å². The number of halogens is 1. The van der Waals surface area contributed by atoms with Gasteiger partial charge in [-0.05, 0) is 6.42 Å². The zero-order valence-electron chi connectivity index (χ0n) is 8.76. The number of hydrogen-bond acceptors (Lipinski definition) is 4. The minimum Gasteiger partial charge on any atom is -0.492 e. The summed E-state index contributed by atoms with van der Waals surface area (Å²) in [5, 5.41) is 19.9. The molecular formula is C11H10BrNO4. The molecular weight excluding hydrogens is 290 g/mol. The molecule has 2 bridgehead atoms. The Morgan fingerprint density at radius 2 is 1.88 bits per heavy atom. The average Bonchev–Trinajstić information content (AvgIpc) is 2.98. The molecule has 0 spiro atoms. The van der Waals surface area contributed by atoms with Gasteiger partial charge in [0.2, 0.25) is 11.8 Å². The summed E-state index contributed by atoms with van der Waals surface area (Å²) in [6.07, 6.45) is 4.88. The van der Waals surface area contributed by atoms with Crippen molar-refractivity contribution in [1.82, 2.24) is 4.73 Å². The van der Waals surface area contributed by atoms with Crippen LogP contribution in [0.3, 0.4) is 0 Å². The molecule has 2 N–H and O–H groups in total. The van der Waals surface area contributed by atoms with E-state index in [1.807, 2.05) is 12.2 Å². The average molecular weight is 300 g/mol. The van der Waals surface area contributed by atoms with Crippen LogP contribution >= 0.6 is 15.9 Å². The number of alkyl halides is 1. The molecule has 6 heteroatoms. The largest absolute Gasteiger partial charge is 0.492 e. The van der Waals surface area contributed by atoms with Crippen molar-refractivity contribution in [2.45, 2.75) is 18.3 Å². The van der Waals surface area contributed by atoms with Crippen LogP contribution in [0.5, 0.6) is 11.8 Å². The van der Waals surface area contributed by atoms with Crippen molar-refractivity contribution < 1.29 is 19.8 Å². The lowest BCUT2D eigenvalue weighted by Gasteiger charge is -2.07. The Balaban J connectivity index is 2.06. The summed E-state index contributed by atoms with van der Waals surface area (Å²) in [5.41, 5.74) is 1.36. The number of aromatic nitrogens is 1. The lowest BCUT2D eigenvalue weighted by molar-refractivity contribution is -0.142. The highest BCUT2D eigenvalue weighted by Crippen LogP contribution is 2.56. The molecule has 5 nitrogen and oxygen atoms in total. The molecule has 0 aliphatic heterocycles. The third-order valence-electron chi connectivity index (χ3n) is 3.28. The molecule has 1 unspecified atom stereocenters. The van der Waals surface area contributed by atoms with Crippen molar-refractivity contribution in [3.63, 3.8) is 0 Å². The van der Waals surface area contributed by atoms with Crippen LogP contribution in [0, 0.1) is 0 Å². The first-order valence-electron chi connectivity index (χ1n) is 5.25. The standard InChI is InChI=1S/C11H10BrNO4/c12-4-7(14)17-13-10(15)8-5-1-2-6(3-5)9(8)11(13)16/h1-2,5-6,15-16H,3-4H2/t5-,6?/m1/s1. The summed E-state index contributed by atoms with van der Waals surface area (Å²) in [6, 6.07) is 0. The van der Waals surface area contributed by atoms with E-state index in [0.29, 0.717) is 11.1 Å². The number of hydrogen-bond donors (Lipinski definition) is 2. The molecule has 1 aromatic heterocycles. The van der Waals surface area contributed by atoms with Crippen LogP contribution < -0.4 is 4.84 Å². The summed E-state index contributed by atoms with van der Waals surface area (Å²) >= 11 is 2.95. The van der Waals surface area contributed by atoms with Crippen LogP contribution in [0.1, 0.15) is 29.4 Å². The van der Waals surface area contributed by atoms with Crippen molar-refractivity contribution in [3.8, 4) is 11.8 Å². The van der Waals surface area contributed by atoms with Gasteiger partial charge in [0.25, 0.3) is 0 Å². The van der Waals surface area contributed by atoms with Crippen LogP contribution in [-0.4, -0.2) is 26.2 Å². The zero-order valence-corrected chi connectivity index (χ0v) is 10.3. The highest BCUT2D eigenvalue weighted by atomic mass is 79.9.